The van der Waals surface area contributed by atoms with Gasteiger partial charge >= 0.3 is 0 Å². The first-order chi connectivity index (χ1) is 13.1. The van der Waals surface area contributed by atoms with Crippen LogP contribution in [-0.2, 0) is 4.79 Å². The Morgan fingerprint density at radius 3 is 2.78 bits per heavy atom. The third-order valence-corrected chi connectivity index (χ3v) is 5.33. The van der Waals surface area contributed by atoms with Crippen molar-refractivity contribution in [3.8, 4) is 11.3 Å². The van der Waals surface area contributed by atoms with E-state index in [0.717, 1.165) is 12.0 Å². The molecule has 1 aliphatic heterocycles. The minimum atomic E-state index is -0.352. The van der Waals surface area contributed by atoms with Crippen LogP contribution >= 0.6 is 22.9 Å². The minimum Gasteiger partial charge on any atom is -0.311 e. The predicted octanol–water partition coefficient (Wildman–Crippen LogP) is 4.24. The lowest BCUT2D eigenvalue weighted by Crippen LogP contribution is -2.24. The molecule has 2 amide bonds. The number of pyridine rings is 1. The van der Waals surface area contributed by atoms with Crippen LogP contribution in [0.2, 0.25) is 5.02 Å². The monoisotopic (exact) mass is 398 g/mol. The van der Waals surface area contributed by atoms with E-state index in [1.807, 2.05) is 23.6 Å². The first-order valence-corrected chi connectivity index (χ1v) is 9.66. The van der Waals surface area contributed by atoms with Crippen LogP contribution in [0, 0.1) is 0 Å². The summed E-state index contributed by atoms with van der Waals surface area (Å²) in [5.74, 6) is -0.266. The van der Waals surface area contributed by atoms with Crippen molar-refractivity contribution in [2.24, 2.45) is 0 Å². The fourth-order valence-electron chi connectivity index (χ4n) is 2.89. The lowest BCUT2D eigenvalue weighted by atomic mass is 10.2. The Kier molecular flexibility index (Phi) is 4.87. The molecule has 3 heterocycles. The van der Waals surface area contributed by atoms with Gasteiger partial charge < -0.3 is 4.90 Å². The Labute approximate surface area is 164 Å². The maximum atomic E-state index is 12.4. The molecule has 8 heteroatoms. The zero-order valence-electron chi connectivity index (χ0n) is 14.2. The molecule has 2 aromatic heterocycles. The number of benzene rings is 1. The van der Waals surface area contributed by atoms with Gasteiger partial charge in [0, 0.05) is 28.9 Å². The third kappa shape index (κ3) is 3.70. The van der Waals surface area contributed by atoms with E-state index >= 15 is 0 Å². The van der Waals surface area contributed by atoms with E-state index in [9.17, 15) is 9.59 Å². The minimum absolute atomic E-state index is 0.0869. The zero-order chi connectivity index (χ0) is 18.8. The van der Waals surface area contributed by atoms with Crippen LogP contribution in [0.5, 0.6) is 0 Å². The Balaban J connectivity index is 1.46. The molecule has 0 radical (unpaired) electrons. The van der Waals surface area contributed by atoms with Crippen LogP contribution in [0.4, 0.5) is 10.8 Å². The smallest absolute Gasteiger partial charge is 0.276 e. The van der Waals surface area contributed by atoms with Crippen LogP contribution in [0.1, 0.15) is 23.3 Å². The van der Waals surface area contributed by atoms with E-state index in [-0.39, 0.29) is 17.5 Å². The Morgan fingerprint density at radius 1 is 1.22 bits per heavy atom. The Morgan fingerprint density at radius 2 is 2.07 bits per heavy atom. The highest BCUT2D eigenvalue weighted by atomic mass is 35.5. The van der Waals surface area contributed by atoms with Gasteiger partial charge in [0.1, 0.15) is 5.69 Å². The predicted molar refractivity (Wildman–Crippen MR) is 106 cm³/mol. The van der Waals surface area contributed by atoms with Crippen molar-refractivity contribution in [1.29, 1.82) is 0 Å². The van der Waals surface area contributed by atoms with Gasteiger partial charge in [0.25, 0.3) is 5.91 Å². The second-order valence-corrected chi connectivity index (χ2v) is 7.29. The standard InChI is InChI=1S/C19H15ClN4O2S/c20-14-5-2-1-4-13(14)16-11-27-19(22-16)23-18(26)15-8-7-12(10-21-15)24-9-3-6-17(24)25/h1-2,4-5,7-8,10-11H,3,6,9H2,(H,22,23,26). The van der Waals surface area contributed by atoms with Crippen LogP contribution in [-0.4, -0.2) is 28.3 Å². The van der Waals surface area contributed by atoms with Crippen molar-refractivity contribution < 1.29 is 9.59 Å². The molecule has 1 saturated heterocycles. The fourth-order valence-corrected chi connectivity index (χ4v) is 3.82. The first-order valence-electron chi connectivity index (χ1n) is 8.40. The number of rotatable bonds is 4. The summed E-state index contributed by atoms with van der Waals surface area (Å²) in [4.78, 5) is 34.5. The molecule has 0 bridgehead atoms. The van der Waals surface area contributed by atoms with Crippen molar-refractivity contribution in [2.45, 2.75) is 12.8 Å². The molecule has 4 rings (SSSR count). The highest BCUT2D eigenvalue weighted by molar-refractivity contribution is 7.14. The number of halogens is 1. The fraction of sp³-hybridized carbons (Fsp3) is 0.158. The van der Waals surface area contributed by atoms with Crippen LogP contribution < -0.4 is 10.2 Å². The van der Waals surface area contributed by atoms with E-state index < -0.39 is 0 Å². The average Bonchev–Trinajstić information content (AvgIpc) is 3.31. The van der Waals surface area contributed by atoms with E-state index in [1.165, 1.54) is 11.3 Å². The van der Waals surface area contributed by atoms with Gasteiger partial charge in [-0.05, 0) is 24.6 Å². The molecule has 1 aromatic carbocycles. The number of nitrogens with one attached hydrogen (secondary N) is 1. The lowest BCUT2D eigenvalue weighted by Gasteiger charge is -2.15. The molecule has 1 aliphatic rings. The van der Waals surface area contributed by atoms with Gasteiger partial charge in [0.15, 0.2) is 5.13 Å². The van der Waals surface area contributed by atoms with E-state index in [1.54, 1.807) is 29.3 Å². The topological polar surface area (TPSA) is 75.2 Å². The summed E-state index contributed by atoms with van der Waals surface area (Å²) in [6.07, 6.45) is 2.95. The van der Waals surface area contributed by atoms with Crippen molar-refractivity contribution in [3.05, 3.63) is 58.7 Å². The summed E-state index contributed by atoms with van der Waals surface area (Å²) in [5, 5.41) is 5.66. The second kappa shape index (κ2) is 7.46. The summed E-state index contributed by atoms with van der Waals surface area (Å²) < 4.78 is 0. The number of aromatic nitrogens is 2. The largest absolute Gasteiger partial charge is 0.311 e. The van der Waals surface area contributed by atoms with E-state index in [4.69, 9.17) is 11.6 Å². The molecule has 3 aromatic rings. The molecule has 6 nitrogen and oxygen atoms in total. The Bertz CT molecular complexity index is 1000. The normalized spacial score (nSPS) is 13.8. The molecule has 0 saturated carbocycles. The molecular formula is C19H15ClN4O2S. The molecular weight excluding hydrogens is 384 g/mol. The molecule has 27 heavy (non-hydrogen) atoms. The van der Waals surface area contributed by atoms with E-state index in [2.05, 4.69) is 15.3 Å². The lowest BCUT2D eigenvalue weighted by molar-refractivity contribution is -0.117. The van der Waals surface area contributed by atoms with Gasteiger partial charge in [-0.2, -0.15) is 0 Å². The van der Waals surface area contributed by atoms with Crippen molar-refractivity contribution >= 4 is 45.6 Å². The quantitative estimate of drug-likeness (QED) is 0.713. The van der Waals surface area contributed by atoms with Gasteiger partial charge in [0.05, 0.1) is 17.6 Å². The summed E-state index contributed by atoms with van der Waals surface area (Å²) in [6, 6.07) is 10.8. The van der Waals surface area contributed by atoms with Crippen LogP contribution in [0.3, 0.4) is 0 Å². The third-order valence-electron chi connectivity index (χ3n) is 4.24. The first kappa shape index (κ1) is 17.6. The highest BCUT2D eigenvalue weighted by Gasteiger charge is 2.22. The summed E-state index contributed by atoms with van der Waals surface area (Å²) >= 11 is 7.51. The number of amides is 2. The number of hydrogen-bond acceptors (Lipinski definition) is 5. The molecule has 0 atom stereocenters. The SMILES string of the molecule is O=C(Nc1nc(-c2ccccc2Cl)cs1)c1ccc(N2CCCC2=O)cn1. The number of hydrogen-bond donors (Lipinski definition) is 1. The molecule has 1 N–H and O–H groups in total. The number of carbonyl (C=O) groups is 2. The summed E-state index contributed by atoms with van der Waals surface area (Å²) in [6.45, 7) is 0.690. The van der Waals surface area contributed by atoms with Gasteiger partial charge in [-0.1, -0.05) is 29.8 Å². The molecule has 1 fully saturated rings. The maximum absolute atomic E-state index is 12.4. The van der Waals surface area contributed by atoms with Gasteiger partial charge in [0.2, 0.25) is 5.91 Å². The number of carbonyl (C=O) groups excluding carboxylic acids is 2. The number of nitrogens with zero attached hydrogens (tertiary/aromatic N) is 3. The average molecular weight is 399 g/mol. The van der Waals surface area contributed by atoms with Gasteiger partial charge in [-0.3, -0.25) is 14.9 Å². The molecule has 0 spiro atoms. The molecule has 136 valence electrons. The second-order valence-electron chi connectivity index (χ2n) is 6.02. The van der Waals surface area contributed by atoms with Gasteiger partial charge in [-0.25, -0.2) is 9.97 Å². The van der Waals surface area contributed by atoms with Crippen LogP contribution in [0.15, 0.2) is 48.0 Å². The Hall–Kier alpha value is -2.77. The summed E-state index contributed by atoms with van der Waals surface area (Å²) in [7, 11) is 0. The molecule has 0 unspecified atom stereocenters. The molecule has 0 aliphatic carbocycles. The number of thiazole rings is 1. The van der Waals surface area contributed by atoms with Crippen molar-refractivity contribution in [1.82, 2.24) is 9.97 Å². The number of anilines is 2. The van der Waals surface area contributed by atoms with Crippen LogP contribution in [0.25, 0.3) is 11.3 Å². The highest BCUT2D eigenvalue weighted by Crippen LogP contribution is 2.30. The maximum Gasteiger partial charge on any atom is 0.276 e. The van der Waals surface area contributed by atoms with Crippen molar-refractivity contribution in [2.75, 3.05) is 16.8 Å². The van der Waals surface area contributed by atoms with E-state index in [0.29, 0.717) is 34.5 Å². The van der Waals surface area contributed by atoms with Gasteiger partial charge in [-0.15, -0.1) is 11.3 Å². The van der Waals surface area contributed by atoms with Crippen molar-refractivity contribution in [3.63, 3.8) is 0 Å². The summed E-state index contributed by atoms with van der Waals surface area (Å²) in [5.41, 5.74) is 2.50. The zero-order valence-corrected chi connectivity index (χ0v) is 15.8.